The van der Waals surface area contributed by atoms with Crippen LogP contribution in [0.3, 0.4) is 0 Å². The van der Waals surface area contributed by atoms with Crippen LogP contribution in [0, 0.1) is 58.7 Å². The molecule has 0 radical (unpaired) electrons. The summed E-state index contributed by atoms with van der Waals surface area (Å²) in [5.74, 6) is 8.13. The maximum Gasteiger partial charge on any atom is 0.0692 e. The summed E-state index contributed by atoms with van der Waals surface area (Å²) in [5, 5.41) is 0. The average Bonchev–Trinajstić information content (AvgIpc) is 3.34. The predicted octanol–water partition coefficient (Wildman–Crippen LogP) is 7.89. The van der Waals surface area contributed by atoms with E-state index in [-0.39, 0.29) is 5.60 Å². The minimum absolute atomic E-state index is 0.232. The van der Waals surface area contributed by atoms with Crippen LogP contribution in [0.1, 0.15) is 111 Å². The van der Waals surface area contributed by atoms with E-state index < -0.39 is 0 Å². The van der Waals surface area contributed by atoms with E-state index in [0.29, 0.717) is 11.5 Å². The molecule has 6 rings (SSSR count). The lowest BCUT2D eigenvalue weighted by Crippen LogP contribution is -2.42. The van der Waals surface area contributed by atoms with Gasteiger partial charge in [0, 0.05) is 13.2 Å². The van der Waals surface area contributed by atoms with Crippen molar-refractivity contribution in [3.8, 4) is 0 Å². The highest BCUT2D eigenvalue weighted by molar-refractivity contribution is 5.03. The second kappa shape index (κ2) is 8.79. The first-order valence-electron chi connectivity index (χ1n) is 15.1. The van der Waals surface area contributed by atoms with E-state index in [1.807, 2.05) is 0 Å². The summed E-state index contributed by atoms with van der Waals surface area (Å²) < 4.78 is 12.7. The van der Waals surface area contributed by atoms with Crippen LogP contribution in [-0.2, 0) is 9.47 Å². The number of rotatable bonds is 7. The van der Waals surface area contributed by atoms with E-state index >= 15 is 0 Å². The SMILES string of the molecule is CC(C)C1CC2CCC(CC(C)C3CC4CCC(CC(C)C5C6CCC5COC6)(C4)C3)(C1)O2. The molecular formula is C31H52O2. The van der Waals surface area contributed by atoms with Crippen molar-refractivity contribution in [3.63, 3.8) is 0 Å². The molecule has 0 aromatic rings. The summed E-state index contributed by atoms with van der Waals surface area (Å²) in [6, 6.07) is 0. The molecule has 0 amide bonds. The molecular weight excluding hydrogens is 404 g/mol. The third-order valence-corrected chi connectivity index (χ3v) is 12.2. The molecule has 2 nitrogen and oxygen atoms in total. The Labute approximate surface area is 204 Å². The van der Waals surface area contributed by atoms with Gasteiger partial charge in [-0.2, -0.15) is 0 Å². The molecule has 0 aromatic carbocycles. The van der Waals surface area contributed by atoms with Crippen molar-refractivity contribution < 1.29 is 9.47 Å². The molecule has 10 atom stereocenters. The standard InChI is InChI=1S/C31H52O2/c1-20(2)26-12-28-8-10-31(17-26,33-28)14-21(3)27-11-23-7-9-30(15-23,16-27)13-22(4)29-24-5-6-25(29)19-32-18-24/h20-29H,5-19H2,1-4H3. The van der Waals surface area contributed by atoms with E-state index in [1.54, 1.807) is 6.42 Å². The van der Waals surface area contributed by atoms with Gasteiger partial charge in [0.05, 0.1) is 11.7 Å². The zero-order valence-corrected chi connectivity index (χ0v) is 22.2. The van der Waals surface area contributed by atoms with Gasteiger partial charge in [0.1, 0.15) is 0 Å². The molecule has 0 aromatic heterocycles. The first-order chi connectivity index (χ1) is 15.8. The first-order valence-corrected chi connectivity index (χ1v) is 15.1. The lowest BCUT2D eigenvalue weighted by Gasteiger charge is -2.46. The van der Waals surface area contributed by atoms with Crippen LogP contribution < -0.4 is 0 Å². The van der Waals surface area contributed by atoms with Gasteiger partial charge >= 0.3 is 0 Å². The second-order valence-electron chi connectivity index (χ2n) is 14.8. The van der Waals surface area contributed by atoms with Crippen molar-refractivity contribution >= 4 is 0 Å². The number of fused-ring (bicyclic) bond motifs is 6. The van der Waals surface area contributed by atoms with Crippen LogP contribution in [0.2, 0.25) is 0 Å². The number of hydrogen-bond acceptors (Lipinski definition) is 2. The molecule has 0 N–H and O–H groups in total. The maximum atomic E-state index is 6.78. The normalized spacial score (nSPS) is 50.6. The second-order valence-corrected chi connectivity index (χ2v) is 14.8. The highest BCUT2D eigenvalue weighted by atomic mass is 16.5. The van der Waals surface area contributed by atoms with Crippen molar-refractivity contribution in [1.82, 2.24) is 0 Å². The summed E-state index contributed by atoms with van der Waals surface area (Å²) >= 11 is 0. The Hall–Kier alpha value is -0.0800. The van der Waals surface area contributed by atoms with Crippen LogP contribution in [0.15, 0.2) is 0 Å². The minimum atomic E-state index is 0.232. The van der Waals surface area contributed by atoms with E-state index in [9.17, 15) is 0 Å². The topological polar surface area (TPSA) is 18.5 Å². The zero-order valence-electron chi connectivity index (χ0n) is 22.2. The van der Waals surface area contributed by atoms with Crippen molar-refractivity contribution in [2.45, 2.75) is 123 Å². The fourth-order valence-corrected chi connectivity index (χ4v) is 10.8. The van der Waals surface area contributed by atoms with Gasteiger partial charge in [0.2, 0.25) is 0 Å². The van der Waals surface area contributed by atoms with E-state index in [2.05, 4.69) is 27.7 Å². The molecule has 188 valence electrons. The molecule has 3 heterocycles. The van der Waals surface area contributed by atoms with E-state index in [4.69, 9.17) is 9.47 Å². The van der Waals surface area contributed by atoms with E-state index in [0.717, 1.165) is 66.5 Å². The molecule has 33 heavy (non-hydrogen) atoms. The molecule has 10 unspecified atom stereocenters. The molecule has 0 spiro atoms. The maximum absolute atomic E-state index is 6.78. The summed E-state index contributed by atoms with van der Waals surface area (Å²) in [4.78, 5) is 0. The first kappa shape index (κ1) is 23.3. The molecule has 6 fully saturated rings. The van der Waals surface area contributed by atoms with Crippen molar-refractivity contribution in [2.24, 2.45) is 58.7 Å². The van der Waals surface area contributed by atoms with E-state index in [1.165, 1.54) is 77.0 Å². The quantitative estimate of drug-likeness (QED) is 0.388. The van der Waals surface area contributed by atoms with Gasteiger partial charge in [-0.1, -0.05) is 27.7 Å². The van der Waals surface area contributed by atoms with Gasteiger partial charge in [-0.15, -0.1) is 0 Å². The zero-order chi connectivity index (χ0) is 22.8. The molecule has 6 aliphatic rings. The molecule has 6 bridgehead atoms. The highest BCUT2D eigenvalue weighted by Gasteiger charge is 2.52. The van der Waals surface area contributed by atoms with Crippen LogP contribution in [0.25, 0.3) is 0 Å². The van der Waals surface area contributed by atoms with Gasteiger partial charge in [0.25, 0.3) is 0 Å². The fourth-order valence-electron chi connectivity index (χ4n) is 10.8. The van der Waals surface area contributed by atoms with Gasteiger partial charge in [-0.05, 0) is 142 Å². The Balaban J connectivity index is 1.12. The van der Waals surface area contributed by atoms with Crippen LogP contribution in [0.5, 0.6) is 0 Å². The average molecular weight is 457 g/mol. The Bertz CT molecular complexity index is 687. The third-order valence-electron chi connectivity index (χ3n) is 12.2. The Kier molecular flexibility index (Phi) is 6.21. The summed E-state index contributed by atoms with van der Waals surface area (Å²) in [5.41, 5.74) is 0.901. The monoisotopic (exact) mass is 456 g/mol. The third kappa shape index (κ3) is 4.36. The van der Waals surface area contributed by atoms with Gasteiger partial charge in [-0.3, -0.25) is 0 Å². The molecule has 2 heteroatoms. The van der Waals surface area contributed by atoms with Gasteiger partial charge in [-0.25, -0.2) is 0 Å². The molecule has 3 saturated heterocycles. The predicted molar refractivity (Wildman–Crippen MR) is 135 cm³/mol. The lowest BCUT2D eigenvalue weighted by atomic mass is 9.61. The summed E-state index contributed by atoms with van der Waals surface area (Å²) in [6.45, 7) is 12.3. The van der Waals surface area contributed by atoms with Crippen LogP contribution in [0.4, 0.5) is 0 Å². The Morgan fingerprint density at radius 2 is 1.55 bits per heavy atom. The molecule has 3 aliphatic carbocycles. The Morgan fingerprint density at radius 3 is 2.30 bits per heavy atom. The summed E-state index contributed by atoms with van der Waals surface area (Å²) in [6.07, 6.45) is 19.3. The largest absolute Gasteiger partial charge is 0.381 e. The smallest absolute Gasteiger partial charge is 0.0692 e. The lowest BCUT2D eigenvalue weighted by molar-refractivity contribution is -0.119. The highest BCUT2D eigenvalue weighted by Crippen LogP contribution is 2.60. The fraction of sp³-hybridized carbons (Fsp3) is 1.00. The van der Waals surface area contributed by atoms with Crippen molar-refractivity contribution in [1.29, 1.82) is 0 Å². The number of ether oxygens (including phenoxy) is 2. The van der Waals surface area contributed by atoms with Crippen LogP contribution in [-0.4, -0.2) is 24.9 Å². The molecule has 3 aliphatic heterocycles. The van der Waals surface area contributed by atoms with Gasteiger partial charge in [0.15, 0.2) is 0 Å². The Morgan fingerprint density at radius 1 is 0.758 bits per heavy atom. The van der Waals surface area contributed by atoms with Crippen molar-refractivity contribution in [2.75, 3.05) is 13.2 Å². The van der Waals surface area contributed by atoms with Crippen LogP contribution >= 0.6 is 0 Å². The number of hydrogen-bond donors (Lipinski definition) is 0. The molecule has 3 saturated carbocycles. The van der Waals surface area contributed by atoms with Crippen molar-refractivity contribution in [3.05, 3.63) is 0 Å². The summed E-state index contributed by atoms with van der Waals surface area (Å²) in [7, 11) is 0. The van der Waals surface area contributed by atoms with Gasteiger partial charge < -0.3 is 9.47 Å². The minimum Gasteiger partial charge on any atom is -0.381 e.